The van der Waals surface area contributed by atoms with Crippen LogP contribution in [0.25, 0.3) is 11.1 Å². The predicted octanol–water partition coefficient (Wildman–Crippen LogP) is 3.84. The lowest BCUT2D eigenvalue weighted by Gasteiger charge is -2.26. The number of nitrogens with zero attached hydrogens (tertiary/aromatic N) is 1. The van der Waals surface area contributed by atoms with Gasteiger partial charge in [0, 0.05) is 30.0 Å². The number of nitrogens with two attached hydrogens (primary N) is 1. The Morgan fingerprint density at radius 2 is 1.71 bits per heavy atom. The Kier molecular flexibility index (Phi) is 9.59. The summed E-state index contributed by atoms with van der Waals surface area (Å²) < 4.78 is 0. The van der Waals surface area contributed by atoms with E-state index in [9.17, 15) is 4.79 Å². The van der Waals surface area contributed by atoms with E-state index < -0.39 is 0 Å². The zero-order valence-electron chi connectivity index (χ0n) is 14.0. The van der Waals surface area contributed by atoms with Crippen LogP contribution in [0.3, 0.4) is 0 Å². The van der Waals surface area contributed by atoms with Crippen molar-refractivity contribution in [2.24, 2.45) is 5.73 Å². The molecule has 0 saturated carbocycles. The van der Waals surface area contributed by atoms with Crippen molar-refractivity contribution in [3.8, 4) is 11.1 Å². The average Bonchev–Trinajstić information content (AvgIpc) is 2.60. The molecular formula is C18H25Cl2N3O. The second-order valence-electron chi connectivity index (χ2n) is 5.58. The van der Waals surface area contributed by atoms with Crippen LogP contribution in [0.2, 0.25) is 0 Å². The minimum absolute atomic E-state index is 0. The molecular weight excluding hydrogens is 345 g/mol. The van der Waals surface area contributed by atoms with Crippen LogP contribution in [0.4, 0.5) is 0 Å². The van der Waals surface area contributed by atoms with Crippen LogP contribution in [-0.4, -0.2) is 23.0 Å². The Morgan fingerprint density at radius 1 is 1.08 bits per heavy atom. The molecule has 0 fully saturated rings. The standard InChI is InChI=1S/C18H23N3O.2ClH/c1-3-18(19,4-2)13-21-17(22)16-10-15(11-20-12-16)14-8-6-5-7-9-14;;/h5-12H,3-4,13,19H2,1-2H3,(H,21,22);2*1H. The average molecular weight is 370 g/mol. The van der Waals surface area contributed by atoms with Gasteiger partial charge in [0.1, 0.15) is 0 Å². The second-order valence-corrected chi connectivity index (χ2v) is 5.58. The van der Waals surface area contributed by atoms with Crippen molar-refractivity contribution in [3.05, 3.63) is 54.4 Å². The van der Waals surface area contributed by atoms with E-state index in [0.717, 1.165) is 24.0 Å². The molecule has 2 aromatic rings. The SMILES string of the molecule is CCC(N)(CC)CNC(=O)c1cncc(-c2ccccc2)c1.Cl.Cl. The molecule has 0 aliphatic carbocycles. The molecule has 6 heteroatoms. The third kappa shape index (κ3) is 5.78. The largest absolute Gasteiger partial charge is 0.350 e. The first kappa shape index (κ1) is 22.4. The summed E-state index contributed by atoms with van der Waals surface area (Å²) in [5.74, 6) is -0.137. The lowest BCUT2D eigenvalue weighted by Crippen LogP contribution is -2.49. The van der Waals surface area contributed by atoms with Crippen molar-refractivity contribution in [2.45, 2.75) is 32.2 Å². The fourth-order valence-electron chi connectivity index (χ4n) is 2.21. The molecule has 4 nitrogen and oxygen atoms in total. The van der Waals surface area contributed by atoms with E-state index in [0.29, 0.717) is 12.1 Å². The van der Waals surface area contributed by atoms with Crippen LogP contribution in [0.1, 0.15) is 37.0 Å². The first-order valence-corrected chi connectivity index (χ1v) is 7.65. The Labute approximate surface area is 156 Å². The van der Waals surface area contributed by atoms with Gasteiger partial charge < -0.3 is 11.1 Å². The summed E-state index contributed by atoms with van der Waals surface area (Å²) in [4.78, 5) is 16.5. The number of pyridine rings is 1. The van der Waals surface area contributed by atoms with E-state index >= 15 is 0 Å². The minimum atomic E-state index is -0.347. The van der Waals surface area contributed by atoms with Crippen molar-refractivity contribution in [3.63, 3.8) is 0 Å². The molecule has 1 aromatic heterocycles. The molecule has 0 unspecified atom stereocenters. The number of carbonyl (C=O) groups is 1. The van der Waals surface area contributed by atoms with Crippen molar-refractivity contribution < 1.29 is 4.79 Å². The summed E-state index contributed by atoms with van der Waals surface area (Å²) in [6, 6.07) is 11.7. The molecule has 2 rings (SSSR count). The van der Waals surface area contributed by atoms with Crippen LogP contribution in [0.15, 0.2) is 48.8 Å². The smallest absolute Gasteiger partial charge is 0.252 e. The van der Waals surface area contributed by atoms with Gasteiger partial charge in [0.2, 0.25) is 0 Å². The highest BCUT2D eigenvalue weighted by Gasteiger charge is 2.21. The van der Waals surface area contributed by atoms with Gasteiger partial charge in [-0.25, -0.2) is 0 Å². The predicted molar refractivity (Wildman–Crippen MR) is 104 cm³/mol. The maximum atomic E-state index is 12.3. The van der Waals surface area contributed by atoms with E-state index in [1.807, 2.05) is 50.2 Å². The zero-order chi connectivity index (χ0) is 16.0. The number of carbonyl (C=O) groups excluding carboxylic acids is 1. The molecule has 1 heterocycles. The number of aromatic nitrogens is 1. The number of benzene rings is 1. The van der Waals surface area contributed by atoms with Crippen molar-refractivity contribution in [2.75, 3.05) is 6.54 Å². The monoisotopic (exact) mass is 369 g/mol. The Bertz CT molecular complexity index is 631. The summed E-state index contributed by atoms with van der Waals surface area (Å²) in [5.41, 5.74) is 8.39. The Morgan fingerprint density at radius 3 is 2.29 bits per heavy atom. The first-order chi connectivity index (χ1) is 10.6. The fourth-order valence-corrected chi connectivity index (χ4v) is 2.21. The summed E-state index contributed by atoms with van der Waals surface area (Å²) >= 11 is 0. The molecule has 0 radical (unpaired) electrons. The van der Waals surface area contributed by atoms with Crippen LogP contribution >= 0.6 is 24.8 Å². The fraction of sp³-hybridized carbons (Fsp3) is 0.333. The number of hydrogen-bond donors (Lipinski definition) is 2. The maximum Gasteiger partial charge on any atom is 0.252 e. The summed E-state index contributed by atoms with van der Waals surface area (Å²) in [6.45, 7) is 4.54. The quantitative estimate of drug-likeness (QED) is 0.812. The number of nitrogens with one attached hydrogen (secondary N) is 1. The van der Waals surface area contributed by atoms with Crippen molar-refractivity contribution in [1.82, 2.24) is 10.3 Å². The maximum absolute atomic E-state index is 12.3. The van der Waals surface area contributed by atoms with Crippen molar-refractivity contribution in [1.29, 1.82) is 0 Å². The van der Waals surface area contributed by atoms with E-state index in [4.69, 9.17) is 5.73 Å². The molecule has 0 aliphatic rings. The van der Waals surface area contributed by atoms with E-state index in [-0.39, 0.29) is 36.3 Å². The van der Waals surface area contributed by atoms with Gasteiger partial charge in [-0.15, -0.1) is 24.8 Å². The van der Waals surface area contributed by atoms with Crippen LogP contribution in [-0.2, 0) is 0 Å². The Balaban J connectivity index is 0.00000264. The molecule has 0 spiro atoms. The number of rotatable bonds is 6. The second kappa shape index (κ2) is 10.3. The van der Waals surface area contributed by atoms with Crippen LogP contribution in [0.5, 0.6) is 0 Å². The highest BCUT2D eigenvalue weighted by Crippen LogP contribution is 2.19. The highest BCUT2D eigenvalue weighted by molar-refractivity contribution is 5.95. The van der Waals surface area contributed by atoms with Crippen LogP contribution in [0, 0.1) is 0 Å². The van der Waals surface area contributed by atoms with Gasteiger partial charge in [-0.05, 0) is 24.5 Å². The molecule has 3 N–H and O–H groups in total. The summed E-state index contributed by atoms with van der Waals surface area (Å²) in [7, 11) is 0. The molecule has 0 bridgehead atoms. The van der Waals surface area contributed by atoms with Gasteiger partial charge in [-0.2, -0.15) is 0 Å². The zero-order valence-corrected chi connectivity index (χ0v) is 15.6. The third-order valence-corrected chi connectivity index (χ3v) is 4.12. The third-order valence-electron chi connectivity index (χ3n) is 4.12. The highest BCUT2D eigenvalue weighted by atomic mass is 35.5. The van der Waals surface area contributed by atoms with E-state index in [2.05, 4.69) is 10.3 Å². The first-order valence-electron chi connectivity index (χ1n) is 7.65. The molecule has 132 valence electrons. The number of amides is 1. The summed E-state index contributed by atoms with van der Waals surface area (Å²) in [5, 5.41) is 2.92. The molecule has 0 atom stereocenters. The molecule has 0 aliphatic heterocycles. The van der Waals surface area contributed by atoms with Gasteiger partial charge in [0.25, 0.3) is 5.91 Å². The minimum Gasteiger partial charge on any atom is -0.350 e. The molecule has 1 amide bonds. The van der Waals surface area contributed by atoms with Gasteiger partial charge in [0.15, 0.2) is 0 Å². The van der Waals surface area contributed by atoms with Gasteiger partial charge in [-0.1, -0.05) is 44.2 Å². The topological polar surface area (TPSA) is 68.0 Å². The normalized spacial score (nSPS) is 10.3. The lowest BCUT2D eigenvalue weighted by molar-refractivity contribution is 0.0942. The van der Waals surface area contributed by atoms with Crippen LogP contribution < -0.4 is 11.1 Å². The molecule has 1 aromatic carbocycles. The van der Waals surface area contributed by atoms with E-state index in [1.54, 1.807) is 12.4 Å². The van der Waals surface area contributed by atoms with Gasteiger partial charge >= 0.3 is 0 Å². The number of halogens is 2. The Hall–Kier alpha value is -1.62. The van der Waals surface area contributed by atoms with Crippen molar-refractivity contribution >= 4 is 30.7 Å². The van der Waals surface area contributed by atoms with E-state index in [1.165, 1.54) is 0 Å². The van der Waals surface area contributed by atoms with Gasteiger partial charge in [-0.3, -0.25) is 9.78 Å². The molecule has 24 heavy (non-hydrogen) atoms. The molecule has 0 saturated heterocycles. The summed E-state index contributed by atoms with van der Waals surface area (Å²) in [6.07, 6.45) is 4.99. The lowest BCUT2D eigenvalue weighted by atomic mass is 9.94. The number of hydrogen-bond acceptors (Lipinski definition) is 3. The van der Waals surface area contributed by atoms with Gasteiger partial charge in [0.05, 0.1) is 5.56 Å².